The number of hydrogen-bond donors (Lipinski definition) is 1. The van der Waals surface area contributed by atoms with Crippen LogP contribution in [0.15, 0.2) is 30.5 Å². The number of hydrogen-bond acceptors (Lipinski definition) is 4. The normalized spacial score (nSPS) is 9.60. The fourth-order valence-electron chi connectivity index (χ4n) is 1.07. The molecule has 0 saturated carbocycles. The highest BCUT2D eigenvalue weighted by Crippen LogP contribution is 2.23. The Balaban J connectivity index is 2.19. The number of halogens is 1. The maximum atomic E-state index is 8.63. The molecule has 0 saturated heterocycles. The van der Waals surface area contributed by atoms with Crippen LogP contribution in [0.4, 0.5) is 10.8 Å². The Morgan fingerprint density at radius 3 is 3.00 bits per heavy atom. The van der Waals surface area contributed by atoms with Crippen molar-refractivity contribution in [3.63, 3.8) is 0 Å². The molecule has 0 aliphatic rings. The Labute approximate surface area is 96.0 Å². The van der Waals surface area contributed by atoms with Gasteiger partial charge < -0.3 is 5.32 Å². The minimum atomic E-state index is 0.583. The predicted molar refractivity (Wildman–Crippen MR) is 61.6 cm³/mol. The van der Waals surface area contributed by atoms with Gasteiger partial charge in [-0.05, 0) is 18.2 Å². The summed E-state index contributed by atoms with van der Waals surface area (Å²) in [5, 5.41) is 13.1. The average Bonchev–Trinajstić information content (AvgIpc) is 2.65. The molecular formula is C10H6ClN3S. The van der Waals surface area contributed by atoms with Crippen LogP contribution in [0.3, 0.4) is 0 Å². The fraction of sp³-hybridized carbons (Fsp3) is 0. The molecule has 1 N–H and O–H groups in total. The summed E-state index contributed by atoms with van der Waals surface area (Å²) in [6, 6.07) is 9.37. The molecule has 1 aromatic carbocycles. The Hall–Kier alpha value is -1.57. The molecule has 0 atom stereocenters. The molecule has 0 aliphatic carbocycles. The molecule has 0 amide bonds. The second-order valence-electron chi connectivity index (χ2n) is 2.78. The maximum absolute atomic E-state index is 8.63. The zero-order valence-corrected chi connectivity index (χ0v) is 9.14. The van der Waals surface area contributed by atoms with E-state index >= 15 is 0 Å². The van der Waals surface area contributed by atoms with Crippen molar-refractivity contribution in [2.24, 2.45) is 0 Å². The molecule has 5 heteroatoms. The third kappa shape index (κ3) is 2.46. The van der Waals surface area contributed by atoms with Gasteiger partial charge in [0, 0.05) is 10.7 Å². The minimum absolute atomic E-state index is 0.583. The minimum Gasteiger partial charge on any atom is -0.331 e. The smallest absolute Gasteiger partial charge is 0.188 e. The number of thiazole rings is 1. The molecule has 0 unspecified atom stereocenters. The van der Waals surface area contributed by atoms with E-state index in [0.29, 0.717) is 15.0 Å². The van der Waals surface area contributed by atoms with E-state index in [1.807, 2.05) is 18.2 Å². The summed E-state index contributed by atoms with van der Waals surface area (Å²) in [5.41, 5.74) is 0.862. The van der Waals surface area contributed by atoms with Crippen LogP contribution in [0.5, 0.6) is 0 Å². The standard InChI is InChI=1S/C10H6ClN3S/c11-7-2-1-3-8(4-7)14-10-13-6-9(5-12)15-10/h1-4,6H,(H,13,14). The number of nitriles is 1. The molecule has 3 nitrogen and oxygen atoms in total. The van der Waals surface area contributed by atoms with Gasteiger partial charge in [-0.3, -0.25) is 0 Å². The van der Waals surface area contributed by atoms with E-state index < -0.39 is 0 Å². The van der Waals surface area contributed by atoms with Gasteiger partial charge in [0.2, 0.25) is 0 Å². The van der Waals surface area contributed by atoms with Crippen LogP contribution < -0.4 is 5.32 Å². The lowest BCUT2D eigenvalue weighted by Crippen LogP contribution is -1.87. The monoisotopic (exact) mass is 235 g/mol. The highest BCUT2D eigenvalue weighted by atomic mass is 35.5. The molecule has 0 radical (unpaired) electrons. The molecule has 2 aromatic rings. The highest BCUT2D eigenvalue weighted by Gasteiger charge is 2.01. The first-order chi connectivity index (χ1) is 7.28. The molecule has 0 spiro atoms. The van der Waals surface area contributed by atoms with Crippen LogP contribution in [-0.4, -0.2) is 4.98 Å². The second-order valence-corrected chi connectivity index (χ2v) is 4.24. The van der Waals surface area contributed by atoms with Crippen LogP contribution in [-0.2, 0) is 0 Å². The van der Waals surface area contributed by atoms with Crippen molar-refractivity contribution in [2.45, 2.75) is 0 Å². The molecule has 0 bridgehead atoms. The zero-order chi connectivity index (χ0) is 10.7. The van der Waals surface area contributed by atoms with Gasteiger partial charge in [-0.15, -0.1) is 0 Å². The Bertz CT molecular complexity index is 515. The van der Waals surface area contributed by atoms with Crippen LogP contribution in [0.2, 0.25) is 5.02 Å². The van der Waals surface area contributed by atoms with E-state index in [0.717, 1.165) is 5.69 Å². The highest BCUT2D eigenvalue weighted by molar-refractivity contribution is 7.16. The first kappa shape index (κ1) is 9.97. The number of anilines is 2. The van der Waals surface area contributed by atoms with Crippen molar-refractivity contribution in [3.8, 4) is 6.07 Å². The van der Waals surface area contributed by atoms with Gasteiger partial charge >= 0.3 is 0 Å². The van der Waals surface area contributed by atoms with Crippen LogP contribution in [0.25, 0.3) is 0 Å². The summed E-state index contributed by atoms with van der Waals surface area (Å²) in [4.78, 5) is 4.64. The summed E-state index contributed by atoms with van der Waals surface area (Å²) in [5.74, 6) is 0. The van der Waals surface area contributed by atoms with E-state index in [9.17, 15) is 0 Å². The fourth-order valence-corrected chi connectivity index (χ4v) is 1.90. The molecule has 0 fully saturated rings. The number of aromatic nitrogens is 1. The molecule has 15 heavy (non-hydrogen) atoms. The van der Waals surface area contributed by atoms with Crippen molar-refractivity contribution in [3.05, 3.63) is 40.4 Å². The Kier molecular flexibility index (Phi) is 2.86. The Morgan fingerprint density at radius 2 is 2.33 bits per heavy atom. The zero-order valence-electron chi connectivity index (χ0n) is 7.57. The molecule has 74 valence electrons. The first-order valence-electron chi connectivity index (χ1n) is 4.16. The van der Waals surface area contributed by atoms with Gasteiger partial charge in [-0.2, -0.15) is 5.26 Å². The summed E-state index contributed by atoms with van der Waals surface area (Å²) in [7, 11) is 0. The van der Waals surface area contributed by atoms with Gasteiger partial charge in [0.1, 0.15) is 10.9 Å². The van der Waals surface area contributed by atoms with Crippen LogP contribution in [0.1, 0.15) is 4.88 Å². The van der Waals surface area contributed by atoms with Gasteiger partial charge in [0.25, 0.3) is 0 Å². The molecular weight excluding hydrogens is 230 g/mol. The first-order valence-corrected chi connectivity index (χ1v) is 5.36. The van der Waals surface area contributed by atoms with E-state index in [2.05, 4.69) is 10.3 Å². The number of nitrogens with zero attached hydrogens (tertiary/aromatic N) is 2. The van der Waals surface area contributed by atoms with Crippen LogP contribution >= 0.6 is 22.9 Å². The second kappa shape index (κ2) is 4.30. The van der Waals surface area contributed by atoms with Crippen molar-refractivity contribution < 1.29 is 0 Å². The molecule has 2 rings (SSSR count). The maximum Gasteiger partial charge on any atom is 0.188 e. The summed E-state index contributed by atoms with van der Waals surface area (Å²) in [6.45, 7) is 0. The summed E-state index contributed by atoms with van der Waals surface area (Å²) in [6.07, 6.45) is 1.54. The predicted octanol–water partition coefficient (Wildman–Crippen LogP) is 3.41. The number of rotatable bonds is 2. The third-order valence-electron chi connectivity index (χ3n) is 1.69. The van der Waals surface area contributed by atoms with Gasteiger partial charge in [-0.25, -0.2) is 4.98 Å². The van der Waals surface area contributed by atoms with Crippen LogP contribution in [0, 0.1) is 11.3 Å². The molecule has 1 aromatic heterocycles. The van der Waals surface area contributed by atoms with Gasteiger partial charge in [-0.1, -0.05) is 29.0 Å². The average molecular weight is 236 g/mol. The third-order valence-corrected chi connectivity index (χ3v) is 2.74. The SMILES string of the molecule is N#Cc1cnc(Nc2cccc(Cl)c2)s1. The van der Waals surface area contributed by atoms with Gasteiger partial charge in [0.05, 0.1) is 6.20 Å². The van der Waals surface area contributed by atoms with Crippen molar-refractivity contribution in [1.29, 1.82) is 5.26 Å². The largest absolute Gasteiger partial charge is 0.331 e. The van der Waals surface area contributed by atoms with Crippen molar-refractivity contribution >= 4 is 33.8 Å². The quantitative estimate of drug-likeness (QED) is 0.868. The lowest BCUT2D eigenvalue weighted by atomic mass is 10.3. The molecule has 1 heterocycles. The van der Waals surface area contributed by atoms with E-state index in [-0.39, 0.29) is 0 Å². The van der Waals surface area contributed by atoms with Crippen molar-refractivity contribution in [2.75, 3.05) is 5.32 Å². The number of benzene rings is 1. The van der Waals surface area contributed by atoms with E-state index in [1.54, 1.807) is 12.1 Å². The summed E-state index contributed by atoms with van der Waals surface area (Å²) >= 11 is 7.14. The van der Waals surface area contributed by atoms with Gasteiger partial charge in [0.15, 0.2) is 5.13 Å². The topological polar surface area (TPSA) is 48.7 Å². The van der Waals surface area contributed by atoms with E-state index in [1.165, 1.54) is 17.5 Å². The number of nitrogens with one attached hydrogen (secondary N) is 1. The Morgan fingerprint density at radius 1 is 1.47 bits per heavy atom. The van der Waals surface area contributed by atoms with E-state index in [4.69, 9.17) is 16.9 Å². The van der Waals surface area contributed by atoms with Crippen molar-refractivity contribution in [1.82, 2.24) is 4.98 Å². The lowest BCUT2D eigenvalue weighted by Gasteiger charge is -2.01. The molecule has 0 aliphatic heterocycles. The summed E-state index contributed by atoms with van der Waals surface area (Å²) < 4.78 is 0. The lowest BCUT2D eigenvalue weighted by molar-refractivity contribution is 1.38.